The Hall–Kier alpha value is -2.86. The van der Waals surface area contributed by atoms with Crippen molar-refractivity contribution in [1.29, 1.82) is 0 Å². The summed E-state index contributed by atoms with van der Waals surface area (Å²) >= 11 is 0. The lowest BCUT2D eigenvalue weighted by Crippen LogP contribution is -2.45. The molecule has 2 saturated heterocycles. The molecule has 3 aromatic rings. The second-order valence-corrected chi connectivity index (χ2v) is 15.9. The van der Waals surface area contributed by atoms with Crippen LogP contribution in [0.15, 0.2) is 37.2 Å². The number of hydrogen-bond donors (Lipinski definition) is 9. The molecule has 5 heterocycles. The molecule has 0 aliphatic carbocycles. The van der Waals surface area contributed by atoms with Gasteiger partial charge >= 0.3 is 29.4 Å². The molecule has 2 aliphatic rings. The summed E-state index contributed by atoms with van der Waals surface area (Å²) < 4.78 is 69.0. The topological polar surface area (TPSA) is 359 Å². The smallest absolute Gasteiger partial charge is 0.481 e. The minimum Gasteiger partial charge on any atom is -0.481 e. The minimum absolute atomic E-state index is 0.00453. The third-order valence-corrected chi connectivity index (χ3v) is 11.2. The van der Waals surface area contributed by atoms with Crippen LogP contribution in [0.1, 0.15) is 31.4 Å². The zero-order valence-corrected chi connectivity index (χ0v) is 29.5. The number of ether oxygens (including phenoxy) is 2. The van der Waals surface area contributed by atoms with E-state index in [-0.39, 0.29) is 23.4 Å². The number of nitrogens with zero attached hydrogens (tertiary/aromatic N) is 5. The second-order valence-electron chi connectivity index (χ2n) is 11.7. The van der Waals surface area contributed by atoms with E-state index in [1.54, 1.807) is 19.1 Å². The summed E-state index contributed by atoms with van der Waals surface area (Å²) in [6.45, 7) is -0.259. The molecule has 5 rings (SSSR count). The number of nitrogen functional groups attached to an aromatic ring is 1. The van der Waals surface area contributed by atoms with Gasteiger partial charge in [0.15, 0.2) is 36.2 Å². The number of anilines is 1. The van der Waals surface area contributed by atoms with E-state index in [0.29, 0.717) is 12.0 Å². The summed E-state index contributed by atoms with van der Waals surface area (Å²) in [5.41, 5.74) is 6.52. The molecular weight excluding hydrogens is 765 g/mol. The first-order valence-corrected chi connectivity index (χ1v) is 19.7. The molecule has 2 aliphatic heterocycles. The summed E-state index contributed by atoms with van der Waals surface area (Å²) in [6.07, 6.45) is -7.16. The molecule has 3 unspecified atom stereocenters. The van der Waals surface area contributed by atoms with Gasteiger partial charge in [-0.15, -0.1) is 0 Å². The normalized spacial score (nSPS) is 29.5. The molecule has 2 fully saturated rings. The quantitative estimate of drug-likeness (QED) is 0.0597. The van der Waals surface area contributed by atoms with E-state index in [1.807, 2.05) is 0 Å². The van der Waals surface area contributed by atoms with Crippen molar-refractivity contribution in [3.8, 4) is 0 Å². The number of imidazole rings is 1. The van der Waals surface area contributed by atoms with Gasteiger partial charge in [-0.05, 0) is 18.4 Å². The number of aliphatic hydroxyl groups excluding tert-OH is 3. The fraction of sp³-hybridized carbons (Fsp3) is 0.560. The van der Waals surface area contributed by atoms with E-state index in [9.17, 15) is 58.5 Å². The first-order chi connectivity index (χ1) is 24.3. The summed E-state index contributed by atoms with van der Waals surface area (Å²) in [4.78, 5) is 62.2. The molecule has 0 aromatic carbocycles. The zero-order valence-electron chi connectivity index (χ0n) is 26.8. The molecule has 0 amide bonds. The monoisotopic (exact) mass is 801 g/mol. The van der Waals surface area contributed by atoms with Gasteiger partial charge in [-0.1, -0.05) is 6.92 Å². The number of phosphoric acid groups is 3. The Morgan fingerprint density at radius 3 is 2.15 bits per heavy atom. The van der Waals surface area contributed by atoms with Crippen molar-refractivity contribution in [1.82, 2.24) is 19.5 Å². The number of aliphatic carboxylic acids is 1. The second kappa shape index (κ2) is 15.9. The maximum atomic E-state index is 12.6. The Kier molecular flexibility index (Phi) is 12.3. The number of rotatable bonds is 16. The van der Waals surface area contributed by atoms with Gasteiger partial charge in [-0.3, -0.25) is 22.9 Å². The number of aliphatic hydroxyl groups is 3. The van der Waals surface area contributed by atoms with Gasteiger partial charge in [0.25, 0.3) is 6.23 Å². The number of hydrogen-bond acceptors (Lipinski definition) is 17. The molecule has 11 atom stereocenters. The van der Waals surface area contributed by atoms with Crippen LogP contribution in [0, 0.1) is 5.92 Å². The Bertz CT molecular complexity index is 1880. The molecule has 288 valence electrons. The third-order valence-electron chi connectivity index (χ3n) is 8.12. The van der Waals surface area contributed by atoms with Gasteiger partial charge in [0, 0.05) is 12.1 Å². The number of pyridine rings is 1. The number of carboxylic acid groups (broad SMARTS) is 1. The van der Waals surface area contributed by atoms with Crippen LogP contribution in [-0.4, -0.2) is 115 Å². The summed E-state index contributed by atoms with van der Waals surface area (Å²) in [6, 6.07) is 3.19. The van der Waals surface area contributed by atoms with Gasteiger partial charge in [0.1, 0.15) is 42.4 Å². The SMILES string of the molecule is CCC(Cc1cc[n+]([C@@H]2O[C@H](COP(=O)(O)OP(=O)(O)OC[C@H]3O[C@@H](n4cnc5c(N)ncnc54)[C@H](OP(=O)(O)O)[C@@H]3O)[C@@H](O)[C@H]2O)cc1)C(=O)O. The van der Waals surface area contributed by atoms with Crippen molar-refractivity contribution in [3.63, 3.8) is 0 Å². The average molecular weight is 802 g/mol. The molecule has 24 nitrogen and oxygen atoms in total. The standard InChI is InChI=1S/C25H35N6O18P3/c1-2-13(25(35)36)7-12-3-5-30(6-4-12)23-19(34)17(32)14(46-23)8-44-51(40,41)49-52(42,43)45-9-15-18(33)20(48-50(37,38)39)24(47-15)31-11-29-16-21(26)27-10-28-22(16)31/h3-6,10-11,13-15,17-20,23-24,32-34H,2,7-9H2,1H3,(H6-,26,27,28,35,36,37,38,39,40,41,42,43)/p+1/t13?,14-,15-,17-,18-,19-,20-,23-,24-/m1/s1. The van der Waals surface area contributed by atoms with Gasteiger partial charge in [0.2, 0.25) is 0 Å². The van der Waals surface area contributed by atoms with Crippen LogP contribution in [0.2, 0.25) is 0 Å². The maximum absolute atomic E-state index is 12.6. The zero-order chi connectivity index (χ0) is 38.2. The van der Waals surface area contributed by atoms with Crippen molar-refractivity contribution in [2.45, 2.75) is 68.8 Å². The molecule has 0 spiro atoms. The fourth-order valence-corrected chi connectivity index (χ4v) is 8.14. The van der Waals surface area contributed by atoms with Crippen LogP contribution in [0.4, 0.5) is 5.82 Å². The van der Waals surface area contributed by atoms with E-state index in [2.05, 4.69) is 19.3 Å². The van der Waals surface area contributed by atoms with Crippen LogP contribution < -0.4 is 10.3 Å². The van der Waals surface area contributed by atoms with Gasteiger partial charge in [0.05, 0.1) is 25.5 Å². The van der Waals surface area contributed by atoms with Crippen molar-refractivity contribution in [3.05, 3.63) is 42.7 Å². The Balaban J connectivity index is 1.18. The number of aromatic nitrogens is 5. The molecule has 27 heteroatoms. The Morgan fingerprint density at radius 2 is 1.58 bits per heavy atom. The fourth-order valence-electron chi connectivity index (χ4n) is 5.50. The lowest BCUT2D eigenvalue weighted by Gasteiger charge is -2.22. The molecule has 0 saturated carbocycles. The number of fused-ring (bicyclic) bond motifs is 1. The number of nitrogens with two attached hydrogens (primary N) is 1. The van der Waals surface area contributed by atoms with Crippen molar-refractivity contribution in [2.24, 2.45) is 5.92 Å². The number of phosphoric ester groups is 3. The van der Waals surface area contributed by atoms with Crippen molar-refractivity contribution >= 4 is 46.4 Å². The Morgan fingerprint density at radius 1 is 0.962 bits per heavy atom. The molecule has 0 bridgehead atoms. The van der Waals surface area contributed by atoms with Gasteiger partial charge in [-0.2, -0.15) is 8.88 Å². The van der Waals surface area contributed by atoms with Crippen LogP contribution in [-0.2, 0) is 52.3 Å². The number of carbonyl (C=O) groups is 1. The first-order valence-electron chi connectivity index (χ1n) is 15.2. The highest BCUT2D eigenvalue weighted by Gasteiger charge is 2.51. The number of carboxylic acids is 1. The highest BCUT2D eigenvalue weighted by Crippen LogP contribution is 2.61. The molecular formula is C25H36N6O18P3+. The van der Waals surface area contributed by atoms with Gasteiger partial charge < -0.3 is 55.2 Å². The summed E-state index contributed by atoms with van der Waals surface area (Å²) in [5.74, 6) is -1.61. The molecule has 52 heavy (non-hydrogen) atoms. The predicted octanol–water partition coefficient (Wildman–Crippen LogP) is -1.34. The van der Waals surface area contributed by atoms with Crippen molar-refractivity contribution < 1.29 is 90.4 Å². The van der Waals surface area contributed by atoms with E-state index >= 15 is 0 Å². The lowest BCUT2D eigenvalue weighted by molar-refractivity contribution is -0.765. The van der Waals surface area contributed by atoms with Gasteiger partial charge in [-0.25, -0.2) is 28.6 Å². The average Bonchev–Trinajstić information content (AvgIpc) is 3.71. The Labute approximate surface area is 292 Å². The summed E-state index contributed by atoms with van der Waals surface area (Å²) in [5, 5.41) is 41.1. The van der Waals surface area contributed by atoms with E-state index < -0.39 is 97.6 Å². The van der Waals surface area contributed by atoms with Crippen LogP contribution in [0.3, 0.4) is 0 Å². The first kappa shape index (κ1) is 40.3. The predicted molar refractivity (Wildman–Crippen MR) is 167 cm³/mol. The van der Waals surface area contributed by atoms with Crippen molar-refractivity contribution in [2.75, 3.05) is 18.9 Å². The van der Waals surface area contributed by atoms with E-state index in [1.165, 1.54) is 17.0 Å². The van der Waals surface area contributed by atoms with Crippen LogP contribution in [0.25, 0.3) is 11.2 Å². The van der Waals surface area contributed by atoms with E-state index in [4.69, 9.17) is 28.8 Å². The largest absolute Gasteiger partial charge is 0.481 e. The minimum atomic E-state index is -5.53. The molecule has 10 N–H and O–H groups in total. The highest BCUT2D eigenvalue weighted by atomic mass is 31.3. The van der Waals surface area contributed by atoms with Crippen LogP contribution >= 0.6 is 23.5 Å². The maximum Gasteiger partial charge on any atom is 0.481 e. The molecule has 3 aromatic heterocycles. The third kappa shape index (κ3) is 9.43. The van der Waals surface area contributed by atoms with Crippen LogP contribution in [0.5, 0.6) is 0 Å². The lowest BCUT2D eigenvalue weighted by atomic mass is 9.98. The summed E-state index contributed by atoms with van der Waals surface area (Å²) in [7, 11) is -16.3. The highest BCUT2D eigenvalue weighted by molar-refractivity contribution is 7.61. The molecule has 0 radical (unpaired) electrons. The van der Waals surface area contributed by atoms with E-state index in [0.717, 1.165) is 17.2 Å².